The highest BCUT2D eigenvalue weighted by atomic mass is 15.1. The second-order valence-corrected chi connectivity index (χ2v) is 9.54. The molecule has 0 heterocycles. The molecule has 0 fully saturated rings. The summed E-state index contributed by atoms with van der Waals surface area (Å²) in [6.07, 6.45) is 12.3. The maximum absolute atomic E-state index is 6.61. The molecule has 3 N–H and O–H groups in total. The van der Waals surface area contributed by atoms with Crippen LogP contribution in [-0.4, -0.2) is 37.1 Å². The average Bonchev–Trinajstić information content (AvgIpc) is 2.77. The van der Waals surface area contributed by atoms with Gasteiger partial charge in [0.1, 0.15) is 0 Å². The predicted octanol–water partition coefficient (Wildman–Crippen LogP) is 6.70. The minimum Gasteiger partial charge on any atom is -0.382 e. The molecule has 0 aromatic heterocycles. The van der Waals surface area contributed by atoms with Crippen molar-refractivity contribution in [3.63, 3.8) is 0 Å². The van der Waals surface area contributed by atoms with E-state index >= 15 is 0 Å². The van der Waals surface area contributed by atoms with Crippen molar-refractivity contribution in [2.75, 3.05) is 20.1 Å². The van der Waals surface area contributed by atoms with Crippen molar-refractivity contribution in [3.8, 4) is 0 Å². The first-order valence-electron chi connectivity index (χ1n) is 12.5. The van der Waals surface area contributed by atoms with Gasteiger partial charge in [-0.1, -0.05) is 74.4 Å². The molecule has 3 nitrogen and oxygen atoms in total. The Hall–Kier alpha value is -1.84. The van der Waals surface area contributed by atoms with E-state index in [0.29, 0.717) is 12.0 Å². The van der Waals surface area contributed by atoms with E-state index in [9.17, 15) is 0 Å². The fourth-order valence-electron chi connectivity index (χ4n) is 4.07. The Morgan fingerprint density at radius 3 is 2.44 bits per heavy atom. The summed E-state index contributed by atoms with van der Waals surface area (Å²) in [4.78, 5) is 2.42. The summed E-state index contributed by atoms with van der Waals surface area (Å²) in [5.74, 6) is 0.493. The van der Waals surface area contributed by atoms with Crippen molar-refractivity contribution in [3.05, 3.63) is 66.3 Å². The lowest BCUT2D eigenvalue weighted by Crippen LogP contribution is -2.31. The monoisotopic (exact) mass is 439 g/mol. The number of nitrogens with two attached hydrogens (primary N) is 1. The quantitative estimate of drug-likeness (QED) is 0.209. The van der Waals surface area contributed by atoms with Gasteiger partial charge in [0.05, 0.1) is 0 Å². The summed E-state index contributed by atoms with van der Waals surface area (Å²) in [7, 11) is 2.21. The van der Waals surface area contributed by atoms with Crippen molar-refractivity contribution in [1.82, 2.24) is 10.2 Å². The van der Waals surface area contributed by atoms with E-state index in [1.807, 2.05) is 6.08 Å². The van der Waals surface area contributed by atoms with Crippen LogP contribution in [0.5, 0.6) is 0 Å². The van der Waals surface area contributed by atoms with Crippen LogP contribution in [0.3, 0.4) is 0 Å². The highest BCUT2D eigenvalue weighted by molar-refractivity contribution is 5.62. The van der Waals surface area contributed by atoms with Crippen LogP contribution in [0.2, 0.25) is 0 Å². The van der Waals surface area contributed by atoms with Gasteiger partial charge in [0.25, 0.3) is 0 Å². The van der Waals surface area contributed by atoms with Gasteiger partial charge in [0.2, 0.25) is 0 Å². The summed E-state index contributed by atoms with van der Waals surface area (Å²) in [6, 6.07) is 9.08. The third-order valence-corrected chi connectivity index (χ3v) is 6.43. The van der Waals surface area contributed by atoms with E-state index in [1.54, 1.807) is 0 Å². The van der Waals surface area contributed by atoms with Gasteiger partial charge in [-0.3, -0.25) is 0 Å². The minimum atomic E-state index is 0.128. The number of benzene rings is 1. The first-order chi connectivity index (χ1) is 15.3. The van der Waals surface area contributed by atoms with Crippen LogP contribution in [0.15, 0.2) is 55.1 Å². The number of unbranched alkanes of at least 4 members (excludes halogenated alkanes) is 1. The molecule has 0 bridgehead atoms. The molecule has 0 saturated carbocycles. The van der Waals surface area contributed by atoms with E-state index in [2.05, 4.69) is 88.5 Å². The van der Waals surface area contributed by atoms with E-state index in [4.69, 9.17) is 5.73 Å². The van der Waals surface area contributed by atoms with Gasteiger partial charge < -0.3 is 16.0 Å². The largest absolute Gasteiger partial charge is 0.382 e. The smallest absolute Gasteiger partial charge is 0.0343 e. The summed E-state index contributed by atoms with van der Waals surface area (Å²) < 4.78 is 0. The van der Waals surface area contributed by atoms with E-state index < -0.39 is 0 Å². The fourth-order valence-corrected chi connectivity index (χ4v) is 4.07. The third kappa shape index (κ3) is 11.2. The molecule has 0 aliphatic rings. The van der Waals surface area contributed by atoms with E-state index in [1.165, 1.54) is 30.4 Å². The van der Waals surface area contributed by atoms with E-state index in [-0.39, 0.29) is 6.04 Å². The number of hydrogen-bond donors (Lipinski definition) is 2. The molecule has 1 aromatic rings. The maximum atomic E-state index is 6.61. The second-order valence-electron chi connectivity index (χ2n) is 9.54. The highest BCUT2D eigenvalue weighted by Crippen LogP contribution is 2.19. The number of aryl methyl sites for hydroxylation is 1. The predicted molar refractivity (Wildman–Crippen MR) is 144 cm³/mol. The Morgan fingerprint density at radius 1 is 1.16 bits per heavy atom. The SMILES string of the molecule is C=CCCCN(C)CCCC(C)C(N)/C(C)=C\CC(CCC)NC(=C)c1ccc(C)cc1. The van der Waals surface area contributed by atoms with Gasteiger partial charge in [-0.05, 0) is 84.0 Å². The summed E-state index contributed by atoms with van der Waals surface area (Å²) in [5, 5.41) is 3.65. The topological polar surface area (TPSA) is 41.3 Å². The number of hydrogen-bond acceptors (Lipinski definition) is 3. The standard InChI is InChI=1S/C29H49N3/c1-8-10-11-21-32(7)22-12-14-24(4)29(30)25(5)17-20-28(13-9-2)31-26(6)27-18-15-23(3)16-19-27/h8,15-19,24,28-29,31H,1,6,9-14,20-22,30H2,2-5,7H3/b25-17-. The second kappa shape index (κ2) is 15.9. The molecule has 0 radical (unpaired) electrons. The van der Waals surface area contributed by atoms with Crippen LogP contribution in [-0.2, 0) is 0 Å². The maximum Gasteiger partial charge on any atom is 0.0343 e. The van der Waals surface area contributed by atoms with Crippen LogP contribution in [0.4, 0.5) is 0 Å². The molecule has 3 unspecified atom stereocenters. The first-order valence-corrected chi connectivity index (χ1v) is 12.5. The number of nitrogens with zero attached hydrogens (tertiary/aromatic N) is 1. The molecule has 180 valence electrons. The van der Waals surface area contributed by atoms with Crippen molar-refractivity contribution in [1.29, 1.82) is 0 Å². The van der Waals surface area contributed by atoms with Crippen molar-refractivity contribution in [2.45, 2.75) is 84.7 Å². The molecule has 32 heavy (non-hydrogen) atoms. The highest BCUT2D eigenvalue weighted by Gasteiger charge is 2.15. The number of allylic oxidation sites excluding steroid dienone is 1. The molecule has 0 aliphatic heterocycles. The lowest BCUT2D eigenvalue weighted by molar-refractivity contribution is 0.307. The summed E-state index contributed by atoms with van der Waals surface area (Å²) in [6.45, 7) is 19.2. The molecule has 3 atom stereocenters. The number of nitrogens with one attached hydrogen (secondary N) is 1. The Labute approximate surface area is 198 Å². The van der Waals surface area contributed by atoms with Crippen molar-refractivity contribution >= 4 is 5.70 Å². The Bertz CT molecular complexity index is 689. The van der Waals surface area contributed by atoms with E-state index in [0.717, 1.165) is 50.0 Å². The Kier molecular flexibility index (Phi) is 14.0. The first kappa shape index (κ1) is 28.2. The zero-order chi connectivity index (χ0) is 23.9. The zero-order valence-corrected chi connectivity index (χ0v) is 21.5. The lowest BCUT2D eigenvalue weighted by atomic mass is 9.91. The average molecular weight is 440 g/mol. The van der Waals surface area contributed by atoms with Gasteiger partial charge in [-0.15, -0.1) is 6.58 Å². The van der Waals surface area contributed by atoms with Crippen molar-refractivity contribution in [2.24, 2.45) is 11.7 Å². The summed E-state index contributed by atoms with van der Waals surface area (Å²) in [5.41, 5.74) is 11.4. The molecule has 3 heteroatoms. The lowest BCUT2D eigenvalue weighted by Gasteiger charge is -2.24. The molecular formula is C29H49N3. The number of rotatable bonds is 17. The normalized spacial score (nSPS) is 14.8. The molecule has 0 amide bonds. The van der Waals surface area contributed by atoms with Gasteiger partial charge in [-0.2, -0.15) is 0 Å². The molecule has 0 aliphatic carbocycles. The fraction of sp³-hybridized carbons (Fsp3) is 0.586. The van der Waals surface area contributed by atoms with Crippen LogP contribution in [0, 0.1) is 12.8 Å². The third-order valence-electron chi connectivity index (χ3n) is 6.43. The Morgan fingerprint density at radius 2 is 1.81 bits per heavy atom. The summed E-state index contributed by atoms with van der Waals surface area (Å²) >= 11 is 0. The minimum absolute atomic E-state index is 0.128. The van der Waals surface area contributed by atoms with Gasteiger partial charge in [0.15, 0.2) is 0 Å². The molecular weight excluding hydrogens is 390 g/mol. The van der Waals surface area contributed by atoms with Gasteiger partial charge in [-0.25, -0.2) is 0 Å². The van der Waals surface area contributed by atoms with Gasteiger partial charge >= 0.3 is 0 Å². The van der Waals surface area contributed by atoms with Crippen LogP contribution < -0.4 is 11.1 Å². The van der Waals surface area contributed by atoms with Crippen LogP contribution in [0.1, 0.15) is 76.8 Å². The molecule has 0 spiro atoms. The molecule has 0 saturated heterocycles. The van der Waals surface area contributed by atoms with Crippen molar-refractivity contribution < 1.29 is 0 Å². The van der Waals surface area contributed by atoms with Crippen LogP contribution >= 0.6 is 0 Å². The van der Waals surface area contributed by atoms with Crippen LogP contribution in [0.25, 0.3) is 5.70 Å². The molecule has 1 rings (SSSR count). The van der Waals surface area contributed by atoms with Gasteiger partial charge in [0, 0.05) is 17.8 Å². The zero-order valence-electron chi connectivity index (χ0n) is 21.5. The molecule has 1 aromatic carbocycles. The Balaban J connectivity index is 2.51.